The van der Waals surface area contributed by atoms with Crippen molar-refractivity contribution >= 4 is 33.2 Å². The van der Waals surface area contributed by atoms with Crippen molar-refractivity contribution in [2.75, 3.05) is 33.4 Å². The topological polar surface area (TPSA) is 147 Å². The van der Waals surface area contributed by atoms with Gasteiger partial charge < -0.3 is 14.7 Å². The third kappa shape index (κ3) is 5.87. The minimum atomic E-state index is -3.72. The van der Waals surface area contributed by atoms with Crippen LogP contribution < -0.4 is 0 Å². The maximum Gasteiger partial charge on any atom is 0.295 e. The number of carbonyl (C=O) groups excluding carboxylic acids is 2. The first-order valence-electron chi connectivity index (χ1n) is 12.8. The number of carbonyl (C=O) groups is 2. The molecule has 0 radical (unpaired) electrons. The van der Waals surface area contributed by atoms with Crippen LogP contribution >= 0.6 is 0 Å². The Morgan fingerprint density at radius 3 is 2.36 bits per heavy atom. The smallest absolute Gasteiger partial charge is 0.295 e. The zero-order valence-corrected chi connectivity index (χ0v) is 22.4. The van der Waals surface area contributed by atoms with Crippen molar-refractivity contribution in [1.29, 1.82) is 0 Å². The summed E-state index contributed by atoms with van der Waals surface area (Å²) in [5, 5.41) is 22.6. The number of methoxy groups -OCH3 is 1. The number of benzene rings is 2. The van der Waals surface area contributed by atoms with Crippen molar-refractivity contribution < 1.29 is 32.8 Å². The number of sulfonamides is 1. The maximum absolute atomic E-state index is 13.2. The molecule has 11 nitrogen and oxygen atoms in total. The zero-order valence-electron chi connectivity index (χ0n) is 21.6. The number of nitro groups is 1. The Hall–Kier alpha value is -3.61. The third-order valence-electron chi connectivity index (χ3n) is 7.01. The summed E-state index contributed by atoms with van der Waals surface area (Å²) in [5.74, 6) is -2.26. The van der Waals surface area contributed by atoms with Crippen LogP contribution in [0.1, 0.15) is 49.3 Å². The molecular formula is C27H31N3O8S. The van der Waals surface area contributed by atoms with E-state index in [-0.39, 0.29) is 28.3 Å². The van der Waals surface area contributed by atoms with Gasteiger partial charge in [-0.1, -0.05) is 25.0 Å². The molecule has 2 fully saturated rings. The lowest BCUT2D eigenvalue weighted by atomic mass is 9.95. The van der Waals surface area contributed by atoms with E-state index in [0.29, 0.717) is 31.7 Å². The van der Waals surface area contributed by atoms with Crippen molar-refractivity contribution in [1.82, 2.24) is 9.21 Å². The molecule has 39 heavy (non-hydrogen) atoms. The molecule has 1 atom stereocenters. The number of aliphatic hydroxyl groups is 1. The highest BCUT2D eigenvalue weighted by molar-refractivity contribution is 7.89. The van der Waals surface area contributed by atoms with Crippen molar-refractivity contribution in [3.05, 3.63) is 75.3 Å². The average molecular weight is 558 g/mol. The van der Waals surface area contributed by atoms with E-state index in [1.807, 2.05) is 0 Å². The predicted molar refractivity (Wildman–Crippen MR) is 142 cm³/mol. The number of likely N-dealkylation sites (tertiary alicyclic amines) is 1. The highest BCUT2D eigenvalue weighted by Gasteiger charge is 2.46. The second kappa shape index (κ2) is 12.1. The SMILES string of the molecule is COCCCN1C(=O)C(=O)C(=C(O)c2ccc(S(=O)(=O)N3CCCCCC3)cc2)[C@H]1c1cccc([N+](=O)[O-])c1. The van der Waals surface area contributed by atoms with Crippen molar-refractivity contribution in [3.63, 3.8) is 0 Å². The number of aliphatic hydroxyl groups excluding tert-OH is 1. The van der Waals surface area contributed by atoms with Gasteiger partial charge in [-0.2, -0.15) is 4.31 Å². The van der Waals surface area contributed by atoms with E-state index in [2.05, 4.69) is 0 Å². The van der Waals surface area contributed by atoms with Gasteiger partial charge in [-0.3, -0.25) is 19.7 Å². The van der Waals surface area contributed by atoms with Crippen LogP contribution in [-0.2, 0) is 24.3 Å². The summed E-state index contributed by atoms with van der Waals surface area (Å²) in [6.07, 6.45) is 3.94. The normalized spacial score (nSPS) is 20.2. The van der Waals surface area contributed by atoms with E-state index in [9.17, 15) is 33.2 Å². The molecule has 0 saturated carbocycles. The van der Waals surface area contributed by atoms with Gasteiger partial charge in [-0.15, -0.1) is 0 Å². The van der Waals surface area contributed by atoms with Crippen molar-refractivity contribution in [2.45, 2.75) is 43.0 Å². The zero-order chi connectivity index (χ0) is 28.2. The molecule has 0 bridgehead atoms. The fourth-order valence-corrected chi connectivity index (χ4v) is 6.53. The molecule has 2 aliphatic rings. The number of rotatable bonds is 9. The highest BCUT2D eigenvalue weighted by atomic mass is 32.2. The molecule has 4 rings (SSSR count). The van der Waals surface area contributed by atoms with Gasteiger partial charge in [0.2, 0.25) is 10.0 Å². The Balaban J connectivity index is 1.74. The summed E-state index contributed by atoms with van der Waals surface area (Å²) < 4.78 is 32.8. The van der Waals surface area contributed by atoms with Gasteiger partial charge >= 0.3 is 0 Å². The lowest BCUT2D eigenvalue weighted by Gasteiger charge is -2.25. The number of amides is 1. The van der Waals surface area contributed by atoms with E-state index in [4.69, 9.17) is 4.74 Å². The van der Waals surface area contributed by atoms with Crippen LogP contribution in [0.2, 0.25) is 0 Å². The Morgan fingerprint density at radius 1 is 1.08 bits per heavy atom. The molecule has 0 unspecified atom stereocenters. The number of hydrogen-bond donors (Lipinski definition) is 1. The van der Waals surface area contributed by atoms with Crippen LogP contribution in [0.15, 0.2) is 59.0 Å². The number of nitro benzene ring substituents is 1. The average Bonchev–Trinajstić information content (AvgIpc) is 3.11. The molecule has 0 aromatic heterocycles. The number of nitrogens with zero attached hydrogens (tertiary/aromatic N) is 3. The number of Topliss-reactive ketones (excluding diaryl/α,β-unsaturated/α-hetero) is 1. The summed E-state index contributed by atoms with van der Waals surface area (Å²) >= 11 is 0. The van der Waals surface area contributed by atoms with Gasteiger partial charge in [0.1, 0.15) is 5.76 Å². The number of non-ortho nitro benzene ring substituents is 1. The largest absolute Gasteiger partial charge is 0.507 e. The van der Waals surface area contributed by atoms with Crippen LogP contribution in [-0.4, -0.2) is 72.7 Å². The summed E-state index contributed by atoms with van der Waals surface area (Å²) in [6, 6.07) is 10.0. The van der Waals surface area contributed by atoms with Gasteiger partial charge in [0.05, 0.1) is 21.4 Å². The molecule has 0 aliphatic carbocycles. The fraction of sp³-hybridized carbons (Fsp3) is 0.407. The molecule has 208 valence electrons. The number of ether oxygens (including phenoxy) is 1. The number of ketones is 1. The molecule has 2 aliphatic heterocycles. The standard InChI is InChI=1S/C27H31N3O8S/c1-38-17-7-16-29-24(20-8-6-9-21(18-20)30(34)35)23(26(32)27(29)33)25(31)19-10-12-22(13-11-19)39(36,37)28-14-4-2-3-5-15-28/h6,8-13,18,24,31H,2-5,7,14-17H2,1H3/t24-/m1/s1. The Morgan fingerprint density at radius 2 is 1.74 bits per heavy atom. The van der Waals surface area contributed by atoms with Gasteiger partial charge in [-0.05, 0) is 49.1 Å². The van der Waals surface area contributed by atoms with Crippen LogP contribution in [0.25, 0.3) is 5.76 Å². The van der Waals surface area contributed by atoms with Crippen LogP contribution in [0, 0.1) is 10.1 Å². The summed E-state index contributed by atoms with van der Waals surface area (Å²) in [7, 11) is -2.22. The monoisotopic (exact) mass is 557 g/mol. The first-order valence-corrected chi connectivity index (χ1v) is 14.2. The van der Waals surface area contributed by atoms with Crippen LogP contribution in [0.5, 0.6) is 0 Å². The first kappa shape index (κ1) is 28.4. The summed E-state index contributed by atoms with van der Waals surface area (Å²) in [4.78, 5) is 38.3. The maximum atomic E-state index is 13.2. The summed E-state index contributed by atoms with van der Waals surface area (Å²) in [6.45, 7) is 1.33. The number of hydrogen-bond acceptors (Lipinski definition) is 8. The Bertz CT molecular complexity index is 1380. The predicted octanol–water partition coefficient (Wildman–Crippen LogP) is 3.62. The molecular weight excluding hydrogens is 526 g/mol. The summed E-state index contributed by atoms with van der Waals surface area (Å²) in [5.41, 5.74) is -0.00282. The minimum Gasteiger partial charge on any atom is -0.507 e. The molecule has 2 aromatic rings. The molecule has 2 aromatic carbocycles. The van der Waals surface area contributed by atoms with Gasteiger partial charge in [0.15, 0.2) is 0 Å². The minimum absolute atomic E-state index is 0.0659. The third-order valence-corrected chi connectivity index (χ3v) is 8.93. The van der Waals surface area contributed by atoms with Gasteiger partial charge in [0, 0.05) is 51.0 Å². The quantitative estimate of drug-likeness (QED) is 0.123. The molecule has 2 heterocycles. The molecule has 1 N–H and O–H groups in total. The lowest BCUT2D eigenvalue weighted by molar-refractivity contribution is -0.384. The van der Waals surface area contributed by atoms with Gasteiger partial charge in [0.25, 0.3) is 17.4 Å². The molecule has 2 saturated heterocycles. The Labute approximate surface area is 226 Å². The fourth-order valence-electron chi connectivity index (χ4n) is 5.02. The van der Waals surface area contributed by atoms with Gasteiger partial charge in [-0.25, -0.2) is 8.42 Å². The highest BCUT2D eigenvalue weighted by Crippen LogP contribution is 2.40. The molecule has 0 spiro atoms. The van der Waals surface area contributed by atoms with Crippen LogP contribution in [0.3, 0.4) is 0 Å². The van der Waals surface area contributed by atoms with E-state index >= 15 is 0 Å². The second-order valence-corrected chi connectivity index (χ2v) is 11.5. The lowest BCUT2D eigenvalue weighted by Crippen LogP contribution is -2.31. The second-order valence-electron chi connectivity index (χ2n) is 9.53. The van der Waals surface area contributed by atoms with Crippen molar-refractivity contribution in [3.8, 4) is 0 Å². The van der Waals surface area contributed by atoms with Crippen molar-refractivity contribution in [2.24, 2.45) is 0 Å². The molecule has 1 amide bonds. The first-order chi connectivity index (χ1) is 18.7. The Kier molecular flexibility index (Phi) is 8.78. The molecule has 12 heteroatoms. The van der Waals surface area contributed by atoms with E-state index in [1.54, 1.807) is 6.07 Å². The van der Waals surface area contributed by atoms with Crippen LogP contribution in [0.4, 0.5) is 5.69 Å². The van der Waals surface area contributed by atoms with E-state index < -0.39 is 38.4 Å². The van der Waals surface area contributed by atoms with E-state index in [0.717, 1.165) is 25.7 Å². The van der Waals surface area contributed by atoms with E-state index in [1.165, 1.54) is 58.8 Å².